The fraction of sp³-hybridized carbons (Fsp3) is 0.179. The molecule has 1 aromatic heterocycles. The van der Waals surface area contributed by atoms with Gasteiger partial charge >= 0.3 is 12.4 Å². The molecule has 4 aromatic rings. The number of halogens is 6. The highest BCUT2D eigenvalue weighted by atomic mass is 32.1. The zero-order valence-corrected chi connectivity index (χ0v) is 21.8. The lowest BCUT2D eigenvalue weighted by molar-refractivity contribution is -0.138. The Balaban J connectivity index is 1.45. The smallest absolute Gasteiger partial charge is 0.350 e. The Bertz CT molecular complexity index is 1510. The van der Waals surface area contributed by atoms with Gasteiger partial charge in [0.15, 0.2) is 5.13 Å². The quantitative estimate of drug-likeness (QED) is 0.192. The fourth-order valence-corrected chi connectivity index (χ4v) is 4.50. The maximum absolute atomic E-state index is 13.1. The summed E-state index contributed by atoms with van der Waals surface area (Å²) in [7, 11) is 0. The van der Waals surface area contributed by atoms with Crippen molar-refractivity contribution >= 4 is 34.0 Å². The number of amides is 2. The molecule has 0 fully saturated rings. The van der Waals surface area contributed by atoms with Gasteiger partial charge in [-0.25, -0.2) is 4.98 Å². The SMILES string of the molecule is O=C(NC(Cc1ccccc1)C(=O)NCc1cccc(C(F)(F)F)c1)c1csc(Nc2cccc(C(F)(F)F)c2)n1. The van der Waals surface area contributed by atoms with Gasteiger partial charge in [-0.05, 0) is 41.5 Å². The first-order valence-electron chi connectivity index (χ1n) is 12.1. The normalized spacial score (nSPS) is 12.4. The molecule has 6 nitrogen and oxygen atoms in total. The summed E-state index contributed by atoms with van der Waals surface area (Å²) < 4.78 is 78.1. The van der Waals surface area contributed by atoms with E-state index in [1.807, 2.05) is 0 Å². The minimum Gasteiger partial charge on any atom is -0.350 e. The number of hydrogen-bond acceptors (Lipinski definition) is 5. The van der Waals surface area contributed by atoms with Gasteiger partial charge in [0.2, 0.25) is 5.91 Å². The standard InChI is InChI=1S/C28H22F6N4O2S/c29-27(30,31)19-9-4-8-18(12-19)15-35-24(39)22(13-17-6-2-1-3-7-17)37-25(40)23-16-41-26(38-23)36-21-11-5-10-20(14-21)28(32,33)34/h1-12,14,16,22H,13,15H2,(H,35,39)(H,36,38)(H,37,40). The Morgan fingerprint density at radius 3 is 2.12 bits per heavy atom. The minimum atomic E-state index is -4.54. The summed E-state index contributed by atoms with van der Waals surface area (Å²) in [5.74, 6) is -1.34. The molecule has 3 aromatic carbocycles. The summed E-state index contributed by atoms with van der Waals surface area (Å²) in [5.41, 5.74) is -0.710. The van der Waals surface area contributed by atoms with Crippen molar-refractivity contribution in [2.75, 3.05) is 5.32 Å². The Hall–Kier alpha value is -4.39. The van der Waals surface area contributed by atoms with Crippen molar-refractivity contribution in [1.82, 2.24) is 15.6 Å². The molecular formula is C28H22F6N4O2S. The summed E-state index contributed by atoms with van der Waals surface area (Å²) in [6, 6.07) is 16.7. The highest BCUT2D eigenvalue weighted by molar-refractivity contribution is 7.14. The molecule has 2 amide bonds. The van der Waals surface area contributed by atoms with Crippen molar-refractivity contribution in [3.63, 3.8) is 0 Å². The van der Waals surface area contributed by atoms with E-state index in [0.29, 0.717) is 0 Å². The van der Waals surface area contributed by atoms with E-state index in [9.17, 15) is 35.9 Å². The van der Waals surface area contributed by atoms with E-state index >= 15 is 0 Å². The molecule has 1 atom stereocenters. The average Bonchev–Trinajstić information content (AvgIpc) is 3.40. The van der Waals surface area contributed by atoms with Crippen molar-refractivity contribution in [3.8, 4) is 0 Å². The van der Waals surface area contributed by atoms with E-state index in [0.717, 1.165) is 41.2 Å². The number of carbonyl (C=O) groups excluding carboxylic acids is 2. The number of nitrogens with zero attached hydrogens (tertiary/aromatic N) is 1. The third-order valence-electron chi connectivity index (χ3n) is 5.80. The van der Waals surface area contributed by atoms with Crippen LogP contribution in [-0.4, -0.2) is 22.8 Å². The van der Waals surface area contributed by atoms with Gasteiger partial charge in [-0.3, -0.25) is 9.59 Å². The van der Waals surface area contributed by atoms with Crippen LogP contribution in [0, 0.1) is 0 Å². The van der Waals surface area contributed by atoms with Crippen molar-refractivity contribution < 1.29 is 35.9 Å². The lowest BCUT2D eigenvalue weighted by Crippen LogP contribution is -2.48. The van der Waals surface area contributed by atoms with Gasteiger partial charge in [0, 0.05) is 24.0 Å². The van der Waals surface area contributed by atoms with Gasteiger partial charge < -0.3 is 16.0 Å². The molecule has 3 N–H and O–H groups in total. The molecule has 1 unspecified atom stereocenters. The van der Waals surface area contributed by atoms with Crippen LogP contribution in [0.5, 0.6) is 0 Å². The first-order valence-corrected chi connectivity index (χ1v) is 12.9. The number of rotatable bonds is 9. The molecule has 41 heavy (non-hydrogen) atoms. The fourth-order valence-electron chi connectivity index (χ4n) is 3.79. The first-order chi connectivity index (χ1) is 19.4. The van der Waals surface area contributed by atoms with Crippen molar-refractivity contribution in [2.24, 2.45) is 0 Å². The summed E-state index contributed by atoms with van der Waals surface area (Å²) in [6.07, 6.45) is -8.98. The molecule has 0 radical (unpaired) electrons. The van der Waals surface area contributed by atoms with Crippen molar-refractivity contribution in [2.45, 2.75) is 31.4 Å². The van der Waals surface area contributed by atoms with Gasteiger partial charge in [0.25, 0.3) is 5.91 Å². The largest absolute Gasteiger partial charge is 0.416 e. The van der Waals surface area contributed by atoms with E-state index in [1.165, 1.54) is 29.6 Å². The van der Waals surface area contributed by atoms with E-state index in [2.05, 4.69) is 20.9 Å². The zero-order valence-electron chi connectivity index (χ0n) is 21.0. The summed E-state index contributed by atoms with van der Waals surface area (Å²) >= 11 is 0.980. The Morgan fingerprint density at radius 2 is 1.44 bits per heavy atom. The molecule has 0 aliphatic rings. The van der Waals surface area contributed by atoms with Gasteiger partial charge in [0.05, 0.1) is 11.1 Å². The zero-order chi connectivity index (χ0) is 29.6. The molecule has 0 bridgehead atoms. The number of alkyl halides is 6. The number of hydrogen-bond donors (Lipinski definition) is 3. The van der Waals surface area contributed by atoms with Gasteiger partial charge in [-0.15, -0.1) is 11.3 Å². The second-order valence-corrected chi connectivity index (χ2v) is 9.73. The van der Waals surface area contributed by atoms with Crippen LogP contribution >= 0.6 is 11.3 Å². The predicted molar refractivity (Wildman–Crippen MR) is 142 cm³/mol. The summed E-state index contributed by atoms with van der Waals surface area (Å²) in [4.78, 5) is 30.2. The average molecular weight is 593 g/mol. The van der Waals surface area contributed by atoms with Crippen LogP contribution in [0.25, 0.3) is 0 Å². The lowest BCUT2D eigenvalue weighted by Gasteiger charge is -2.18. The van der Waals surface area contributed by atoms with Crippen LogP contribution in [0.1, 0.15) is 32.7 Å². The van der Waals surface area contributed by atoms with Crippen molar-refractivity contribution in [1.29, 1.82) is 0 Å². The number of nitrogens with one attached hydrogen (secondary N) is 3. The van der Waals surface area contributed by atoms with Gasteiger partial charge in [-0.2, -0.15) is 26.3 Å². The number of anilines is 2. The molecular weight excluding hydrogens is 570 g/mol. The predicted octanol–water partition coefficient (Wildman–Crippen LogP) is 6.58. The topological polar surface area (TPSA) is 83.1 Å². The highest BCUT2D eigenvalue weighted by Gasteiger charge is 2.31. The molecule has 0 spiro atoms. The van der Waals surface area contributed by atoms with Crippen LogP contribution in [0.4, 0.5) is 37.2 Å². The Kier molecular flexibility index (Phi) is 8.96. The van der Waals surface area contributed by atoms with Crippen molar-refractivity contribution in [3.05, 3.63) is 112 Å². The monoisotopic (exact) mass is 592 g/mol. The van der Waals surface area contributed by atoms with E-state index in [-0.39, 0.29) is 35.0 Å². The molecule has 1 heterocycles. The van der Waals surface area contributed by atoms with Gasteiger partial charge in [0.1, 0.15) is 11.7 Å². The van der Waals surface area contributed by atoms with Gasteiger partial charge in [-0.1, -0.05) is 48.5 Å². The first kappa shape index (κ1) is 29.6. The lowest BCUT2D eigenvalue weighted by atomic mass is 10.0. The Morgan fingerprint density at radius 1 is 0.805 bits per heavy atom. The summed E-state index contributed by atoms with van der Waals surface area (Å²) in [5, 5.41) is 9.43. The molecule has 0 saturated carbocycles. The van der Waals surface area contributed by atoms with Crippen LogP contribution in [0.15, 0.2) is 84.2 Å². The highest BCUT2D eigenvalue weighted by Crippen LogP contribution is 2.32. The van der Waals surface area contributed by atoms with Crippen LogP contribution < -0.4 is 16.0 Å². The second-order valence-electron chi connectivity index (χ2n) is 8.87. The third-order valence-corrected chi connectivity index (χ3v) is 6.56. The van der Waals surface area contributed by atoms with Crippen LogP contribution in [0.2, 0.25) is 0 Å². The van der Waals surface area contributed by atoms with E-state index < -0.39 is 41.3 Å². The summed E-state index contributed by atoms with van der Waals surface area (Å²) in [6.45, 7) is -0.203. The van der Waals surface area contributed by atoms with Crippen LogP contribution in [0.3, 0.4) is 0 Å². The van der Waals surface area contributed by atoms with Crippen LogP contribution in [-0.2, 0) is 30.1 Å². The minimum absolute atomic E-state index is 0.0757. The molecule has 13 heteroatoms. The Labute approximate surface area is 234 Å². The molecule has 0 saturated heterocycles. The molecule has 214 valence electrons. The number of benzene rings is 3. The third kappa shape index (κ3) is 8.30. The maximum Gasteiger partial charge on any atom is 0.416 e. The number of thiazole rings is 1. The molecule has 0 aliphatic heterocycles. The molecule has 0 aliphatic carbocycles. The van der Waals surface area contributed by atoms with E-state index in [4.69, 9.17) is 0 Å². The number of aromatic nitrogens is 1. The van der Waals surface area contributed by atoms with E-state index in [1.54, 1.807) is 30.3 Å². The maximum atomic E-state index is 13.1. The molecule has 4 rings (SSSR count). The number of carbonyl (C=O) groups is 2. The second kappa shape index (κ2) is 12.4.